The Morgan fingerprint density at radius 1 is 1.03 bits per heavy atom. The Labute approximate surface area is 184 Å². The van der Waals surface area contributed by atoms with Crippen LogP contribution in [0.2, 0.25) is 0 Å². The Balaban J connectivity index is 1.65. The highest BCUT2D eigenvalue weighted by molar-refractivity contribution is 9.10. The normalized spacial score (nSPS) is 10.8. The lowest BCUT2D eigenvalue weighted by Crippen LogP contribution is -2.17. The summed E-state index contributed by atoms with van der Waals surface area (Å²) < 4.78 is 12.7. The third-order valence-electron chi connectivity index (χ3n) is 4.24. The van der Waals surface area contributed by atoms with Gasteiger partial charge in [0.2, 0.25) is 0 Å². The molecule has 6 heteroatoms. The van der Waals surface area contributed by atoms with Crippen molar-refractivity contribution in [1.82, 2.24) is 5.43 Å². The topological polar surface area (TPSA) is 59.9 Å². The van der Waals surface area contributed by atoms with Crippen molar-refractivity contribution in [3.8, 4) is 11.5 Å². The second-order valence-electron chi connectivity index (χ2n) is 6.62. The van der Waals surface area contributed by atoms with E-state index in [4.69, 9.17) is 9.47 Å². The van der Waals surface area contributed by atoms with E-state index in [0.29, 0.717) is 30.3 Å². The van der Waals surface area contributed by atoms with E-state index in [1.54, 1.807) is 12.3 Å². The van der Waals surface area contributed by atoms with Gasteiger partial charge in [-0.3, -0.25) is 4.79 Å². The van der Waals surface area contributed by atoms with Gasteiger partial charge in [0, 0.05) is 10.0 Å². The molecule has 0 saturated heterocycles. The van der Waals surface area contributed by atoms with E-state index in [1.807, 2.05) is 74.5 Å². The molecule has 0 saturated carbocycles. The summed E-state index contributed by atoms with van der Waals surface area (Å²) in [5.74, 6) is 1.03. The number of carbonyl (C=O) groups excluding carboxylic acids is 1. The van der Waals surface area contributed by atoms with E-state index in [-0.39, 0.29) is 5.91 Å². The van der Waals surface area contributed by atoms with Crippen LogP contribution in [0.1, 0.15) is 34.0 Å². The van der Waals surface area contributed by atoms with Gasteiger partial charge in [-0.05, 0) is 67.4 Å². The lowest BCUT2D eigenvalue weighted by atomic mass is 10.1. The maximum atomic E-state index is 12.2. The van der Waals surface area contributed by atoms with Crippen molar-refractivity contribution >= 4 is 28.1 Å². The summed E-state index contributed by atoms with van der Waals surface area (Å²) in [6, 6.07) is 20.9. The van der Waals surface area contributed by atoms with Crippen molar-refractivity contribution in [2.45, 2.75) is 20.5 Å². The quantitative estimate of drug-likeness (QED) is 0.352. The first-order valence-electron chi connectivity index (χ1n) is 9.59. The van der Waals surface area contributed by atoms with Gasteiger partial charge in [0.15, 0.2) is 11.5 Å². The summed E-state index contributed by atoms with van der Waals surface area (Å²) >= 11 is 3.43. The van der Waals surface area contributed by atoms with Gasteiger partial charge in [0.25, 0.3) is 5.91 Å². The zero-order valence-corrected chi connectivity index (χ0v) is 18.5. The first-order valence-corrected chi connectivity index (χ1v) is 10.4. The average molecular weight is 467 g/mol. The number of halogens is 1. The molecule has 3 aromatic rings. The van der Waals surface area contributed by atoms with E-state index >= 15 is 0 Å². The van der Waals surface area contributed by atoms with Crippen LogP contribution in [0.3, 0.4) is 0 Å². The van der Waals surface area contributed by atoms with Crippen LogP contribution in [0.15, 0.2) is 76.3 Å². The number of rotatable bonds is 8. The summed E-state index contributed by atoms with van der Waals surface area (Å²) in [7, 11) is 0. The second-order valence-corrected chi connectivity index (χ2v) is 7.54. The predicted octanol–water partition coefficient (Wildman–Crippen LogP) is 5.50. The molecule has 5 nitrogen and oxygen atoms in total. The van der Waals surface area contributed by atoms with Crippen LogP contribution >= 0.6 is 15.9 Å². The van der Waals surface area contributed by atoms with Crippen LogP contribution in [-0.4, -0.2) is 18.7 Å². The van der Waals surface area contributed by atoms with Gasteiger partial charge in [0.1, 0.15) is 6.61 Å². The molecule has 3 aromatic carbocycles. The number of nitrogens with one attached hydrogen (secondary N) is 1. The Kier molecular flexibility index (Phi) is 7.63. The summed E-state index contributed by atoms with van der Waals surface area (Å²) in [5, 5.41) is 4.05. The highest BCUT2D eigenvalue weighted by Gasteiger charge is 2.07. The Morgan fingerprint density at radius 2 is 1.83 bits per heavy atom. The van der Waals surface area contributed by atoms with Crippen LogP contribution in [0.25, 0.3) is 0 Å². The monoisotopic (exact) mass is 466 g/mol. The maximum absolute atomic E-state index is 12.2. The van der Waals surface area contributed by atoms with Crippen molar-refractivity contribution in [3.05, 3.63) is 93.5 Å². The van der Waals surface area contributed by atoms with Gasteiger partial charge in [0.05, 0.1) is 12.8 Å². The fraction of sp³-hybridized carbons (Fsp3) is 0.167. The van der Waals surface area contributed by atoms with E-state index in [1.165, 1.54) is 0 Å². The minimum atomic E-state index is -0.255. The van der Waals surface area contributed by atoms with Crippen molar-refractivity contribution in [1.29, 1.82) is 0 Å². The number of nitrogens with zero attached hydrogens (tertiary/aromatic N) is 1. The third kappa shape index (κ3) is 6.19. The number of amides is 1. The summed E-state index contributed by atoms with van der Waals surface area (Å²) in [5.41, 5.74) is 5.99. The summed E-state index contributed by atoms with van der Waals surface area (Å²) in [6.45, 7) is 4.81. The van der Waals surface area contributed by atoms with Gasteiger partial charge in [-0.25, -0.2) is 5.43 Å². The molecule has 30 heavy (non-hydrogen) atoms. The predicted molar refractivity (Wildman–Crippen MR) is 122 cm³/mol. The van der Waals surface area contributed by atoms with Crippen LogP contribution in [0, 0.1) is 6.92 Å². The first-order chi connectivity index (χ1) is 14.5. The third-order valence-corrected chi connectivity index (χ3v) is 4.76. The Morgan fingerprint density at radius 3 is 2.57 bits per heavy atom. The molecule has 0 bridgehead atoms. The van der Waals surface area contributed by atoms with Gasteiger partial charge in [-0.15, -0.1) is 0 Å². The lowest BCUT2D eigenvalue weighted by molar-refractivity contribution is 0.0955. The van der Waals surface area contributed by atoms with Crippen molar-refractivity contribution in [2.75, 3.05) is 6.61 Å². The van der Waals surface area contributed by atoms with Gasteiger partial charge < -0.3 is 9.47 Å². The summed E-state index contributed by atoms with van der Waals surface area (Å²) in [6.07, 6.45) is 1.58. The van der Waals surface area contributed by atoms with Crippen molar-refractivity contribution < 1.29 is 14.3 Å². The molecule has 0 atom stereocenters. The molecule has 1 amide bonds. The zero-order chi connectivity index (χ0) is 21.3. The van der Waals surface area contributed by atoms with Crippen LogP contribution < -0.4 is 14.9 Å². The molecular weight excluding hydrogens is 444 g/mol. The molecule has 0 aromatic heterocycles. The van der Waals surface area contributed by atoms with Gasteiger partial charge in [-0.1, -0.05) is 45.8 Å². The molecule has 0 radical (unpaired) electrons. The number of ether oxygens (including phenoxy) is 2. The van der Waals surface area contributed by atoms with E-state index in [2.05, 4.69) is 26.5 Å². The van der Waals surface area contributed by atoms with E-state index in [9.17, 15) is 4.79 Å². The molecule has 154 valence electrons. The minimum Gasteiger partial charge on any atom is -0.490 e. The standard InChI is InChI=1S/C24H23BrN2O3/c1-3-29-23-14-19(15-26-27-24(28)20-6-4-5-17(2)13-20)9-12-22(23)30-16-18-7-10-21(25)11-8-18/h4-15H,3,16H2,1-2H3,(H,27,28)/b26-15+. The van der Waals surface area contributed by atoms with Crippen molar-refractivity contribution in [2.24, 2.45) is 5.10 Å². The second kappa shape index (κ2) is 10.6. The fourth-order valence-electron chi connectivity index (χ4n) is 2.75. The molecule has 0 fully saturated rings. The maximum Gasteiger partial charge on any atom is 0.271 e. The first kappa shape index (κ1) is 21.6. The summed E-state index contributed by atoms with van der Waals surface area (Å²) in [4.78, 5) is 12.2. The highest BCUT2D eigenvalue weighted by Crippen LogP contribution is 2.29. The fourth-order valence-corrected chi connectivity index (χ4v) is 3.01. The molecule has 0 aliphatic rings. The van der Waals surface area contributed by atoms with Crippen LogP contribution in [0.5, 0.6) is 11.5 Å². The smallest absolute Gasteiger partial charge is 0.271 e. The highest BCUT2D eigenvalue weighted by atomic mass is 79.9. The molecule has 0 unspecified atom stereocenters. The lowest BCUT2D eigenvalue weighted by Gasteiger charge is -2.12. The molecule has 0 heterocycles. The average Bonchev–Trinajstić information content (AvgIpc) is 2.74. The van der Waals surface area contributed by atoms with Gasteiger partial charge >= 0.3 is 0 Å². The van der Waals surface area contributed by atoms with Crippen molar-refractivity contribution in [3.63, 3.8) is 0 Å². The largest absolute Gasteiger partial charge is 0.490 e. The van der Waals surface area contributed by atoms with Gasteiger partial charge in [-0.2, -0.15) is 5.10 Å². The molecule has 3 rings (SSSR count). The molecule has 0 spiro atoms. The van der Waals surface area contributed by atoms with E-state index in [0.717, 1.165) is 21.2 Å². The number of aryl methyl sites for hydroxylation is 1. The number of hydrogen-bond donors (Lipinski definition) is 1. The number of hydrazone groups is 1. The van der Waals surface area contributed by atoms with Crippen LogP contribution in [-0.2, 0) is 6.61 Å². The Bertz CT molecular complexity index is 1030. The Hall–Kier alpha value is -3.12. The molecule has 0 aliphatic carbocycles. The number of benzene rings is 3. The zero-order valence-electron chi connectivity index (χ0n) is 16.9. The molecular formula is C24H23BrN2O3. The number of hydrogen-bond acceptors (Lipinski definition) is 4. The molecule has 1 N–H and O–H groups in total. The van der Waals surface area contributed by atoms with E-state index < -0.39 is 0 Å². The minimum absolute atomic E-state index is 0.255. The SMILES string of the molecule is CCOc1cc(/C=N/NC(=O)c2cccc(C)c2)ccc1OCc1ccc(Br)cc1. The number of carbonyl (C=O) groups is 1. The van der Waals surface area contributed by atoms with Crippen LogP contribution in [0.4, 0.5) is 0 Å². The molecule has 0 aliphatic heterocycles.